The Morgan fingerprint density at radius 3 is 3.00 bits per heavy atom. The van der Waals surface area contributed by atoms with Crippen molar-refractivity contribution in [2.24, 2.45) is 0 Å². The van der Waals surface area contributed by atoms with E-state index < -0.39 is 0 Å². The van der Waals surface area contributed by atoms with Crippen LogP contribution < -0.4 is 15.5 Å². The van der Waals surface area contributed by atoms with Crippen LogP contribution in [-0.4, -0.2) is 42.0 Å². The van der Waals surface area contributed by atoms with Crippen LogP contribution in [0.5, 0.6) is 5.75 Å². The van der Waals surface area contributed by atoms with Gasteiger partial charge in [0.2, 0.25) is 5.91 Å². The van der Waals surface area contributed by atoms with E-state index in [2.05, 4.69) is 15.6 Å². The Bertz CT molecular complexity index is 791. The minimum absolute atomic E-state index is 0.135. The fourth-order valence-corrected chi connectivity index (χ4v) is 2.59. The van der Waals surface area contributed by atoms with E-state index in [1.807, 2.05) is 12.1 Å². The zero-order valence-electron chi connectivity index (χ0n) is 13.2. The Hall–Kier alpha value is -3.09. The first-order valence-electron chi connectivity index (χ1n) is 7.60. The average Bonchev–Trinajstić information content (AvgIpc) is 2.55. The molecule has 0 spiro atoms. The summed E-state index contributed by atoms with van der Waals surface area (Å²) >= 11 is 0. The summed E-state index contributed by atoms with van der Waals surface area (Å²) in [6.45, 7) is 0.631. The molecule has 2 amide bonds. The lowest BCUT2D eigenvalue weighted by Crippen LogP contribution is -2.36. The summed E-state index contributed by atoms with van der Waals surface area (Å²) in [6.07, 6.45) is 2.01. The maximum absolute atomic E-state index is 12.2. The second kappa shape index (κ2) is 6.57. The third-order valence-electron chi connectivity index (χ3n) is 3.82. The van der Waals surface area contributed by atoms with Gasteiger partial charge in [0.25, 0.3) is 5.91 Å². The van der Waals surface area contributed by atoms with Crippen molar-refractivity contribution in [3.8, 4) is 5.75 Å². The molecule has 0 aliphatic carbocycles. The summed E-state index contributed by atoms with van der Waals surface area (Å²) < 4.78 is 0. The van der Waals surface area contributed by atoms with Crippen LogP contribution in [-0.2, 0) is 11.2 Å². The number of pyridine rings is 1. The first-order chi connectivity index (χ1) is 11.5. The maximum atomic E-state index is 12.2. The molecule has 0 saturated carbocycles. The molecule has 0 saturated heterocycles. The zero-order valence-corrected chi connectivity index (χ0v) is 13.2. The van der Waals surface area contributed by atoms with Crippen LogP contribution >= 0.6 is 0 Å². The molecule has 7 heteroatoms. The first kappa shape index (κ1) is 15.8. The Morgan fingerprint density at radius 1 is 1.42 bits per heavy atom. The molecular weight excluding hydrogens is 308 g/mol. The smallest absolute Gasteiger partial charge is 0.252 e. The summed E-state index contributed by atoms with van der Waals surface area (Å²) in [7, 11) is 1.77. The van der Waals surface area contributed by atoms with Gasteiger partial charge >= 0.3 is 0 Å². The highest BCUT2D eigenvalue weighted by atomic mass is 16.3. The minimum Gasteiger partial charge on any atom is -0.508 e. The second-order valence-corrected chi connectivity index (χ2v) is 5.63. The summed E-state index contributed by atoms with van der Waals surface area (Å²) in [5.74, 6) is 0.445. The van der Waals surface area contributed by atoms with Gasteiger partial charge < -0.3 is 20.6 Å². The lowest BCUT2D eigenvalue weighted by Gasteiger charge is -2.26. The number of phenolic OH excluding ortho intramolecular Hbond substituents is 1. The highest BCUT2D eigenvalue weighted by Gasteiger charge is 2.21. The molecule has 1 aromatic carbocycles. The molecule has 0 fully saturated rings. The highest BCUT2D eigenvalue weighted by molar-refractivity contribution is 6.02. The molecule has 1 aromatic heterocycles. The summed E-state index contributed by atoms with van der Waals surface area (Å²) in [5.41, 5.74) is 1.68. The van der Waals surface area contributed by atoms with E-state index in [0.717, 1.165) is 5.56 Å². The van der Waals surface area contributed by atoms with Crippen molar-refractivity contribution in [3.05, 3.63) is 47.7 Å². The summed E-state index contributed by atoms with van der Waals surface area (Å²) in [4.78, 5) is 29.8. The van der Waals surface area contributed by atoms with Crippen LogP contribution in [0.1, 0.15) is 15.9 Å². The van der Waals surface area contributed by atoms with Crippen molar-refractivity contribution in [1.29, 1.82) is 0 Å². The molecule has 2 heterocycles. The predicted molar refractivity (Wildman–Crippen MR) is 90.3 cm³/mol. The number of amides is 2. The lowest BCUT2D eigenvalue weighted by molar-refractivity contribution is -0.115. The fraction of sp³-hybridized carbons (Fsp3) is 0.235. The second-order valence-electron chi connectivity index (χ2n) is 5.63. The number of phenols is 1. The van der Waals surface area contributed by atoms with Gasteiger partial charge in [0.05, 0.1) is 17.8 Å². The molecule has 1 aliphatic rings. The molecule has 0 atom stereocenters. The molecule has 124 valence electrons. The van der Waals surface area contributed by atoms with Gasteiger partial charge in [-0.15, -0.1) is 0 Å². The molecule has 2 aromatic rings. The monoisotopic (exact) mass is 326 g/mol. The van der Waals surface area contributed by atoms with Gasteiger partial charge in [-0.05, 0) is 24.1 Å². The Labute approximate surface area is 139 Å². The largest absolute Gasteiger partial charge is 0.508 e. The lowest BCUT2D eigenvalue weighted by atomic mass is 10.1. The number of likely N-dealkylation sites (N-methyl/N-ethyl adjacent to an activating group) is 1. The molecule has 1 aliphatic heterocycles. The van der Waals surface area contributed by atoms with Crippen molar-refractivity contribution >= 4 is 23.3 Å². The van der Waals surface area contributed by atoms with Crippen molar-refractivity contribution < 1.29 is 14.7 Å². The number of benzene rings is 1. The third kappa shape index (κ3) is 3.29. The number of anilines is 2. The van der Waals surface area contributed by atoms with Crippen LogP contribution in [0.25, 0.3) is 0 Å². The van der Waals surface area contributed by atoms with Crippen molar-refractivity contribution in [3.63, 3.8) is 0 Å². The first-order valence-corrected chi connectivity index (χ1v) is 7.60. The average molecular weight is 326 g/mol. The molecule has 3 N–H and O–H groups in total. The SMILES string of the molecule is CN1CC(=O)Nc2cc(C(=O)NCCc3ccccc3O)cnc21. The number of nitrogens with zero attached hydrogens (tertiary/aromatic N) is 2. The summed E-state index contributed by atoms with van der Waals surface area (Å²) in [6, 6.07) is 8.63. The standard InChI is InChI=1S/C17H18N4O3/c1-21-10-15(23)20-13-8-12(9-19-16(13)21)17(24)18-7-6-11-4-2-3-5-14(11)22/h2-5,8-9,22H,6-7,10H2,1H3,(H,18,24)(H,20,23). The summed E-state index contributed by atoms with van der Waals surface area (Å²) in [5, 5.41) is 15.2. The molecule has 3 rings (SSSR count). The highest BCUT2D eigenvalue weighted by Crippen LogP contribution is 2.26. The molecule has 0 unspecified atom stereocenters. The van der Waals surface area contributed by atoms with Crippen LogP contribution in [0.2, 0.25) is 0 Å². The van der Waals surface area contributed by atoms with Crippen LogP contribution in [0, 0.1) is 0 Å². The minimum atomic E-state index is -0.275. The van der Waals surface area contributed by atoms with E-state index in [1.54, 1.807) is 30.1 Å². The molecule has 24 heavy (non-hydrogen) atoms. The van der Waals surface area contributed by atoms with Crippen molar-refractivity contribution in [2.75, 3.05) is 30.4 Å². The number of carbonyl (C=O) groups excluding carboxylic acids is 2. The van der Waals surface area contributed by atoms with E-state index in [0.29, 0.717) is 30.0 Å². The number of fused-ring (bicyclic) bond motifs is 1. The van der Waals surface area contributed by atoms with Crippen molar-refractivity contribution in [1.82, 2.24) is 10.3 Å². The van der Waals surface area contributed by atoms with E-state index in [-0.39, 0.29) is 24.1 Å². The van der Waals surface area contributed by atoms with Gasteiger partial charge in [0.15, 0.2) is 5.82 Å². The number of nitrogens with one attached hydrogen (secondary N) is 2. The molecule has 7 nitrogen and oxygen atoms in total. The van der Waals surface area contributed by atoms with Gasteiger partial charge in [-0.25, -0.2) is 4.98 Å². The van der Waals surface area contributed by atoms with E-state index in [4.69, 9.17) is 0 Å². The topological polar surface area (TPSA) is 94.6 Å². The quantitative estimate of drug-likeness (QED) is 0.783. The number of hydrogen-bond acceptors (Lipinski definition) is 5. The normalized spacial score (nSPS) is 13.2. The van der Waals surface area contributed by atoms with Gasteiger partial charge in [-0.2, -0.15) is 0 Å². The molecule has 0 bridgehead atoms. The fourth-order valence-electron chi connectivity index (χ4n) is 2.59. The van der Waals surface area contributed by atoms with Gasteiger partial charge in [0, 0.05) is 19.8 Å². The number of aromatic nitrogens is 1. The van der Waals surface area contributed by atoms with Gasteiger partial charge in [0.1, 0.15) is 5.75 Å². The van der Waals surface area contributed by atoms with Crippen LogP contribution in [0.3, 0.4) is 0 Å². The number of rotatable bonds is 4. The van der Waals surface area contributed by atoms with E-state index in [9.17, 15) is 14.7 Å². The number of aromatic hydroxyl groups is 1. The molecule has 0 radical (unpaired) electrons. The maximum Gasteiger partial charge on any atom is 0.252 e. The zero-order chi connectivity index (χ0) is 17.1. The van der Waals surface area contributed by atoms with Gasteiger partial charge in [-0.1, -0.05) is 18.2 Å². The number of hydrogen-bond donors (Lipinski definition) is 3. The van der Waals surface area contributed by atoms with Gasteiger partial charge in [-0.3, -0.25) is 9.59 Å². The predicted octanol–water partition coefficient (Wildman–Crippen LogP) is 1.15. The van der Waals surface area contributed by atoms with Crippen LogP contribution in [0.4, 0.5) is 11.5 Å². The number of para-hydroxylation sites is 1. The van der Waals surface area contributed by atoms with E-state index >= 15 is 0 Å². The van der Waals surface area contributed by atoms with E-state index in [1.165, 1.54) is 6.20 Å². The Morgan fingerprint density at radius 2 is 2.21 bits per heavy atom. The van der Waals surface area contributed by atoms with Crippen LogP contribution in [0.15, 0.2) is 36.5 Å². The Kier molecular flexibility index (Phi) is 4.33. The number of carbonyl (C=O) groups is 2. The Balaban J connectivity index is 1.64. The molecular formula is C17H18N4O3. The van der Waals surface area contributed by atoms with Crippen molar-refractivity contribution in [2.45, 2.75) is 6.42 Å². The third-order valence-corrected chi connectivity index (χ3v) is 3.82.